The van der Waals surface area contributed by atoms with E-state index < -0.39 is 0 Å². The molecule has 0 aliphatic rings. The average molecular weight is 273 g/mol. The van der Waals surface area contributed by atoms with E-state index in [2.05, 4.69) is 29.1 Å². The summed E-state index contributed by atoms with van der Waals surface area (Å²) in [6.45, 7) is 8.88. The van der Waals surface area contributed by atoms with Gasteiger partial charge in [-0.05, 0) is 43.5 Å². The van der Waals surface area contributed by atoms with Crippen molar-refractivity contribution in [2.75, 3.05) is 11.9 Å². The number of benzene rings is 1. The topological polar surface area (TPSA) is 37.8 Å². The van der Waals surface area contributed by atoms with Crippen LogP contribution in [0.3, 0.4) is 0 Å². The van der Waals surface area contributed by atoms with Gasteiger partial charge in [-0.25, -0.2) is 14.4 Å². The number of nitrogens with zero attached hydrogens (tertiary/aromatic N) is 2. The van der Waals surface area contributed by atoms with Crippen LogP contribution in [0.4, 0.5) is 10.2 Å². The summed E-state index contributed by atoms with van der Waals surface area (Å²) in [4.78, 5) is 8.68. The summed E-state index contributed by atoms with van der Waals surface area (Å²) in [5.41, 5.74) is 3.51. The van der Waals surface area contributed by atoms with Gasteiger partial charge in [0, 0.05) is 17.7 Å². The molecule has 1 N–H and O–H groups in total. The first-order valence-electron chi connectivity index (χ1n) is 6.89. The average Bonchev–Trinajstić information content (AvgIpc) is 2.37. The minimum atomic E-state index is -0.238. The van der Waals surface area contributed by atoms with Crippen LogP contribution >= 0.6 is 0 Å². The fourth-order valence-corrected chi connectivity index (χ4v) is 2.35. The Hall–Kier alpha value is -1.97. The smallest absolute Gasteiger partial charge is 0.133 e. The third-order valence-electron chi connectivity index (χ3n) is 3.12. The molecule has 1 aromatic heterocycles. The lowest BCUT2D eigenvalue weighted by Gasteiger charge is -2.17. The molecule has 0 bridgehead atoms. The van der Waals surface area contributed by atoms with E-state index in [4.69, 9.17) is 0 Å². The monoisotopic (exact) mass is 273 g/mol. The molecule has 0 aliphatic heterocycles. The predicted molar refractivity (Wildman–Crippen MR) is 80.4 cm³/mol. The van der Waals surface area contributed by atoms with E-state index in [0.29, 0.717) is 0 Å². The molecule has 106 valence electrons. The maximum atomic E-state index is 13.6. The number of nitrogens with one attached hydrogen (secondary N) is 1. The van der Waals surface area contributed by atoms with Gasteiger partial charge in [-0.2, -0.15) is 0 Å². The van der Waals surface area contributed by atoms with Crippen LogP contribution in [0.15, 0.2) is 24.5 Å². The zero-order chi connectivity index (χ0) is 14.7. The molecule has 0 saturated heterocycles. The molecule has 3 nitrogen and oxygen atoms in total. The summed E-state index contributed by atoms with van der Waals surface area (Å²) in [5.74, 6) is 0.844. The Bertz CT molecular complexity index is 588. The van der Waals surface area contributed by atoms with E-state index in [1.165, 1.54) is 18.5 Å². The minimum Gasteiger partial charge on any atom is -0.370 e. The van der Waals surface area contributed by atoms with Crippen molar-refractivity contribution >= 4 is 5.82 Å². The van der Waals surface area contributed by atoms with E-state index in [1.54, 1.807) is 0 Å². The van der Waals surface area contributed by atoms with Gasteiger partial charge in [0.1, 0.15) is 18.0 Å². The zero-order valence-electron chi connectivity index (χ0n) is 12.4. The number of rotatable bonds is 4. The third kappa shape index (κ3) is 2.95. The number of anilines is 1. The molecular formula is C16H20FN3. The number of aromatic nitrogens is 2. The maximum absolute atomic E-state index is 13.6. The van der Waals surface area contributed by atoms with Crippen molar-refractivity contribution in [3.63, 3.8) is 0 Å². The van der Waals surface area contributed by atoms with Crippen molar-refractivity contribution in [1.82, 2.24) is 9.97 Å². The lowest BCUT2D eigenvalue weighted by Crippen LogP contribution is -2.07. The van der Waals surface area contributed by atoms with Crippen LogP contribution in [0, 0.1) is 12.7 Å². The van der Waals surface area contributed by atoms with Crippen LogP contribution in [0.5, 0.6) is 0 Å². The highest BCUT2D eigenvalue weighted by Gasteiger charge is 2.16. The third-order valence-corrected chi connectivity index (χ3v) is 3.12. The second-order valence-electron chi connectivity index (χ2n) is 5.19. The molecule has 1 aromatic carbocycles. The molecule has 0 aliphatic carbocycles. The number of hydrogen-bond donors (Lipinski definition) is 1. The summed E-state index contributed by atoms with van der Waals surface area (Å²) in [5, 5.41) is 3.25. The second kappa shape index (κ2) is 5.99. The van der Waals surface area contributed by atoms with Crippen LogP contribution in [0.25, 0.3) is 11.3 Å². The Balaban J connectivity index is 2.63. The maximum Gasteiger partial charge on any atom is 0.133 e. The quantitative estimate of drug-likeness (QED) is 0.909. The molecule has 1 heterocycles. The molecule has 4 heteroatoms. The molecule has 0 spiro atoms. The van der Waals surface area contributed by atoms with E-state index >= 15 is 0 Å². The fourth-order valence-electron chi connectivity index (χ4n) is 2.35. The lowest BCUT2D eigenvalue weighted by atomic mass is 9.96. The summed E-state index contributed by atoms with van der Waals surface area (Å²) in [6, 6.07) is 4.99. The van der Waals surface area contributed by atoms with Crippen LogP contribution in [0.1, 0.15) is 37.8 Å². The standard InChI is InChI=1S/C16H20FN3/c1-5-18-16-14(10(2)3)15(19-9-20-16)12-6-11(4)7-13(17)8-12/h6-10H,5H2,1-4H3,(H,18,19,20). The molecule has 0 atom stereocenters. The van der Waals surface area contributed by atoms with Crippen molar-refractivity contribution in [2.24, 2.45) is 0 Å². The number of hydrogen-bond acceptors (Lipinski definition) is 3. The van der Waals surface area contributed by atoms with Gasteiger partial charge in [0.2, 0.25) is 0 Å². The molecule has 2 aromatic rings. The van der Waals surface area contributed by atoms with Crippen molar-refractivity contribution < 1.29 is 4.39 Å². The van der Waals surface area contributed by atoms with E-state index in [-0.39, 0.29) is 11.7 Å². The SMILES string of the molecule is CCNc1ncnc(-c2cc(C)cc(F)c2)c1C(C)C. The highest BCUT2D eigenvalue weighted by atomic mass is 19.1. The fraction of sp³-hybridized carbons (Fsp3) is 0.375. The summed E-state index contributed by atoms with van der Waals surface area (Å²) < 4.78 is 13.6. The van der Waals surface area contributed by atoms with E-state index in [1.807, 2.05) is 19.9 Å². The predicted octanol–water partition coefficient (Wildman–Crippen LogP) is 4.15. The molecule has 0 unspecified atom stereocenters. The van der Waals surface area contributed by atoms with Crippen molar-refractivity contribution in [3.05, 3.63) is 41.5 Å². The van der Waals surface area contributed by atoms with Gasteiger partial charge >= 0.3 is 0 Å². The van der Waals surface area contributed by atoms with Gasteiger partial charge in [0.25, 0.3) is 0 Å². The first kappa shape index (κ1) is 14.4. The highest BCUT2D eigenvalue weighted by Crippen LogP contribution is 2.32. The molecule has 0 radical (unpaired) electrons. The molecule has 2 rings (SSSR count). The molecular weight excluding hydrogens is 253 g/mol. The van der Waals surface area contributed by atoms with Crippen molar-refractivity contribution in [2.45, 2.75) is 33.6 Å². The summed E-state index contributed by atoms with van der Waals surface area (Å²) in [7, 11) is 0. The Kier molecular flexibility index (Phi) is 4.32. The van der Waals surface area contributed by atoms with Gasteiger partial charge in [-0.15, -0.1) is 0 Å². The van der Waals surface area contributed by atoms with Crippen LogP contribution < -0.4 is 5.32 Å². The van der Waals surface area contributed by atoms with Gasteiger partial charge in [0.05, 0.1) is 5.69 Å². The van der Waals surface area contributed by atoms with Gasteiger partial charge in [-0.1, -0.05) is 13.8 Å². The van der Waals surface area contributed by atoms with Crippen molar-refractivity contribution in [3.8, 4) is 11.3 Å². The number of aryl methyl sites for hydroxylation is 1. The van der Waals surface area contributed by atoms with Crippen molar-refractivity contribution in [1.29, 1.82) is 0 Å². The Morgan fingerprint density at radius 1 is 1.20 bits per heavy atom. The minimum absolute atomic E-state index is 0.238. The largest absolute Gasteiger partial charge is 0.370 e. The van der Waals surface area contributed by atoms with Gasteiger partial charge in [-0.3, -0.25) is 0 Å². The normalized spacial score (nSPS) is 10.9. The van der Waals surface area contributed by atoms with Crippen LogP contribution in [0.2, 0.25) is 0 Å². The van der Waals surface area contributed by atoms with Crippen LogP contribution in [-0.4, -0.2) is 16.5 Å². The van der Waals surface area contributed by atoms with Crippen LogP contribution in [-0.2, 0) is 0 Å². The molecule has 0 fully saturated rings. The number of halogens is 1. The second-order valence-corrected chi connectivity index (χ2v) is 5.19. The molecule has 0 saturated carbocycles. The van der Waals surface area contributed by atoms with E-state index in [0.717, 1.165) is 34.7 Å². The molecule has 20 heavy (non-hydrogen) atoms. The first-order chi connectivity index (χ1) is 9.52. The Morgan fingerprint density at radius 2 is 1.95 bits per heavy atom. The summed E-state index contributed by atoms with van der Waals surface area (Å²) >= 11 is 0. The van der Waals surface area contributed by atoms with Gasteiger partial charge < -0.3 is 5.32 Å². The Labute approximate surface area is 119 Å². The zero-order valence-corrected chi connectivity index (χ0v) is 12.4. The highest BCUT2D eigenvalue weighted by molar-refractivity contribution is 5.69. The lowest BCUT2D eigenvalue weighted by molar-refractivity contribution is 0.627. The van der Waals surface area contributed by atoms with Gasteiger partial charge in [0.15, 0.2) is 0 Å². The Morgan fingerprint density at radius 3 is 2.55 bits per heavy atom. The summed E-state index contributed by atoms with van der Waals surface area (Å²) in [6.07, 6.45) is 1.53. The first-order valence-corrected chi connectivity index (χ1v) is 6.89. The van der Waals surface area contributed by atoms with E-state index in [9.17, 15) is 4.39 Å². The molecule has 0 amide bonds.